The molecule has 1 aliphatic carbocycles. The predicted octanol–water partition coefficient (Wildman–Crippen LogP) is 2.53. The summed E-state index contributed by atoms with van der Waals surface area (Å²) in [6.45, 7) is 1.67. The molecule has 2 aliphatic rings. The first-order chi connectivity index (χ1) is 13.8. The molecule has 1 saturated carbocycles. The molecule has 7 nitrogen and oxygen atoms in total. The topological polar surface area (TPSA) is 75.1 Å². The van der Waals surface area contributed by atoms with Gasteiger partial charge in [0, 0.05) is 32.4 Å². The average Bonchev–Trinajstić information content (AvgIpc) is 2.98. The van der Waals surface area contributed by atoms with E-state index in [4.69, 9.17) is 0 Å². The van der Waals surface area contributed by atoms with E-state index in [0.717, 1.165) is 25.4 Å². The molecule has 2 aromatic heterocycles. The summed E-state index contributed by atoms with van der Waals surface area (Å²) in [6, 6.07) is 1.78. The molecular weight excluding hydrogens is 385 g/mol. The molecule has 1 amide bonds. The van der Waals surface area contributed by atoms with Gasteiger partial charge in [0.1, 0.15) is 0 Å². The number of hydrogen-bond donors (Lipinski definition) is 2. The van der Waals surface area contributed by atoms with E-state index in [1.165, 1.54) is 36.8 Å². The molecule has 1 saturated heterocycles. The van der Waals surface area contributed by atoms with E-state index in [0.29, 0.717) is 11.7 Å². The number of fused-ring (bicyclic) bond motifs is 1. The van der Waals surface area contributed by atoms with E-state index in [1.54, 1.807) is 7.05 Å². The number of carbonyl (C=O) groups excluding carboxylic acids is 1. The Hall–Kier alpha value is -2.36. The molecule has 1 aliphatic heterocycles. The number of amides is 1. The predicted molar refractivity (Wildman–Crippen MR) is 102 cm³/mol. The number of alkyl halides is 3. The monoisotopic (exact) mass is 410 g/mol. The number of hydrogen-bond acceptors (Lipinski definition) is 5. The van der Waals surface area contributed by atoms with Crippen LogP contribution in [-0.4, -0.2) is 57.3 Å². The third kappa shape index (κ3) is 4.31. The van der Waals surface area contributed by atoms with Crippen molar-refractivity contribution in [3.8, 4) is 0 Å². The smallest absolute Gasteiger partial charge is 0.359 e. The van der Waals surface area contributed by atoms with Crippen molar-refractivity contribution in [3.63, 3.8) is 0 Å². The molecule has 2 N–H and O–H groups in total. The van der Waals surface area contributed by atoms with Crippen LogP contribution in [0, 0.1) is 0 Å². The summed E-state index contributed by atoms with van der Waals surface area (Å²) < 4.78 is 40.3. The van der Waals surface area contributed by atoms with Crippen LogP contribution in [0.5, 0.6) is 0 Å². The van der Waals surface area contributed by atoms with Crippen molar-refractivity contribution in [2.24, 2.45) is 7.05 Å². The van der Waals surface area contributed by atoms with Crippen molar-refractivity contribution in [2.75, 3.05) is 25.0 Å². The van der Waals surface area contributed by atoms with E-state index in [9.17, 15) is 18.0 Å². The largest absolute Gasteiger partial charge is 0.417 e. The first kappa shape index (κ1) is 19.9. The quantitative estimate of drug-likeness (QED) is 0.793. The minimum atomic E-state index is -4.49. The lowest BCUT2D eigenvalue weighted by Crippen LogP contribution is -2.62. The Balaban J connectivity index is 1.32. The lowest BCUT2D eigenvalue weighted by Gasteiger charge is -2.45. The van der Waals surface area contributed by atoms with Crippen molar-refractivity contribution < 1.29 is 18.0 Å². The van der Waals surface area contributed by atoms with Crippen LogP contribution in [0.4, 0.5) is 19.0 Å². The lowest BCUT2D eigenvalue weighted by atomic mass is 9.91. The van der Waals surface area contributed by atoms with Gasteiger partial charge in [0.05, 0.1) is 23.5 Å². The highest BCUT2D eigenvalue weighted by Crippen LogP contribution is 2.32. The number of aromatic nitrogens is 3. The van der Waals surface area contributed by atoms with Gasteiger partial charge in [0.2, 0.25) is 5.91 Å². The summed E-state index contributed by atoms with van der Waals surface area (Å²) >= 11 is 0. The van der Waals surface area contributed by atoms with Crippen LogP contribution in [0.2, 0.25) is 0 Å². The van der Waals surface area contributed by atoms with Crippen LogP contribution < -0.4 is 10.6 Å². The number of halogens is 3. The number of rotatable bonds is 5. The van der Waals surface area contributed by atoms with Crippen molar-refractivity contribution >= 4 is 22.8 Å². The summed E-state index contributed by atoms with van der Waals surface area (Å²) in [5, 5.41) is 10.2. The highest BCUT2D eigenvalue weighted by atomic mass is 19.4. The van der Waals surface area contributed by atoms with Crippen LogP contribution in [0.1, 0.15) is 37.7 Å². The molecule has 158 valence electrons. The Morgan fingerprint density at radius 2 is 1.97 bits per heavy atom. The fourth-order valence-electron chi connectivity index (χ4n) is 4.22. The van der Waals surface area contributed by atoms with Crippen LogP contribution in [0.3, 0.4) is 0 Å². The van der Waals surface area contributed by atoms with Crippen molar-refractivity contribution in [3.05, 3.63) is 17.8 Å². The molecule has 0 unspecified atom stereocenters. The standard InChI is InChI=1S/C19H25F3N6O/c1-27-18-15(7-12(8-24-18)19(20,21)22)17(26-27)23-9-16(29)25-13-10-28(11-13)14-5-3-2-4-6-14/h7-8,13-14H,2-6,9-11H2,1H3,(H,23,26)(H,25,29). The number of pyridine rings is 1. The maximum atomic E-state index is 13.0. The van der Waals surface area contributed by atoms with Gasteiger partial charge in [-0.25, -0.2) is 9.67 Å². The van der Waals surface area contributed by atoms with Gasteiger partial charge in [-0.1, -0.05) is 19.3 Å². The molecule has 0 atom stereocenters. The Labute approximate surface area is 166 Å². The van der Waals surface area contributed by atoms with Gasteiger partial charge in [-0.05, 0) is 18.9 Å². The Morgan fingerprint density at radius 3 is 2.66 bits per heavy atom. The fourth-order valence-corrected chi connectivity index (χ4v) is 4.22. The number of aryl methyl sites for hydroxylation is 1. The highest BCUT2D eigenvalue weighted by Gasteiger charge is 2.34. The molecule has 2 fully saturated rings. The number of anilines is 1. The maximum Gasteiger partial charge on any atom is 0.417 e. The Morgan fingerprint density at radius 1 is 1.24 bits per heavy atom. The van der Waals surface area contributed by atoms with E-state index in [-0.39, 0.29) is 29.7 Å². The number of nitrogens with zero attached hydrogens (tertiary/aromatic N) is 4. The van der Waals surface area contributed by atoms with Gasteiger partial charge in [-0.2, -0.15) is 18.3 Å². The normalized spacial score (nSPS) is 19.3. The molecular formula is C19H25F3N6O. The lowest BCUT2D eigenvalue weighted by molar-refractivity contribution is -0.137. The molecule has 0 radical (unpaired) electrons. The molecule has 29 heavy (non-hydrogen) atoms. The molecule has 10 heteroatoms. The second-order valence-electron chi connectivity index (χ2n) is 7.93. The number of likely N-dealkylation sites (tertiary alicyclic amines) is 1. The van der Waals surface area contributed by atoms with E-state index < -0.39 is 11.7 Å². The maximum absolute atomic E-state index is 13.0. The second kappa shape index (κ2) is 7.81. The fraction of sp³-hybridized carbons (Fsp3) is 0.632. The first-order valence-corrected chi connectivity index (χ1v) is 9.98. The molecule has 0 aromatic carbocycles. The summed E-state index contributed by atoms with van der Waals surface area (Å²) in [4.78, 5) is 18.5. The minimum Gasteiger partial charge on any atom is -0.359 e. The Kier molecular flexibility index (Phi) is 5.37. The van der Waals surface area contributed by atoms with Gasteiger partial charge in [-0.15, -0.1) is 0 Å². The zero-order valence-corrected chi connectivity index (χ0v) is 16.3. The van der Waals surface area contributed by atoms with Crippen molar-refractivity contribution in [2.45, 2.75) is 50.4 Å². The molecule has 0 spiro atoms. The average molecular weight is 410 g/mol. The van der Waals surface area contributed by atoms with E-state index >= 15 is 0 Å². The summed E-state index contributed by atoms with van der Waals surface area (Å²) in [7, 11) is 1.60. The van der Waals surface area contributed by atoms with Crippen molar-refractivity contribution in [1.82, 2.24) is 25.0 Å². The van der Waals surface area contributed by atoms with Gasteiger partial charge < -0.3 is 10.6 Å². The summed E-state index contributed by atoms with van der Waals surface area (Å²) in [5.41, 5.74) is -0.522. The zero-order chi connectivity index (χ0) is 20.6. The third-order valence-electron chi connectivity index (χ3n) is 5.79. The molecule has 2 aromatic rings. The first-order valence-electron chi connectivity index (χ1n) is 9.98. The zero-order valence-electron chi connectivity index (χ0n) is 16.3. The third-order valence-corrected chi connectivity index (χ3v) is 5.79. The molecule has 3 heterocycles. The second-order valence-corrected chi connectivity index (χ2v) is 7.93. The van der Waals surface area contributed by atoms with Crippen LogP contribution >= 0.6 is 0 Å². The van der Waals surface area contributed by atoms with Crippen LogP contribution in [0.25, 0.3) is 11.0 Å². The van der Waals surface area contributed by atoms with E-state index in [1.807, 2.05) is 0 Å². The summed E-state index contributed by atoms with van der Waals surface area (Å²) in [5.74, 6) is 0.0192. The molecule has 0 bridgehead atoms. The van der Waals surface area contributed by atoms with E-state index in [2.05, 4.69) is 25.6 Å². The van der Waals surface area contributed by atoms with Crippen LogP contribution in [-0.2, 0) is 18.0 Å². The number of carbonyl (C=O) groups is 1. The summed E-state index contributed by atoms with van der Waals surface area (Å²) in [6.07, 6.45) is 2.66. The highest BCUT2D eigenvalue weighted by molar-refractivity contribution is 5.90. The Bertz CT molecular complexity index is 884. The van der Waals surface area contributed by atoms with Crippen LogP contribution in [0.15, 0.2) is 12.3 Å². The SMILES string of the molecule is Cn1nc(NCC(=O)NC2CN(C3CCCCC3)C2)c2cc(C(F)(F)F)cnc21. The molecule has 4 rings (SSSR count). The van der Waals surface area contributed by atoms with Crippen molar-refractivity contribution in [1.29, 1.82) is 0 Å². The van der Waals surface area contributed by atoms with Gasteiger partial charge in [0.15, 0.2) is 11.5 Å². The van der Waals surface area contributed by atoms with Gasteiger partial charge in [-0.3, -0.25) is 9.69 Å². The number of nitrogens with one attached hydrogen (secondary N) is 2. The van der Waals surface area contributed by atoms with Gasteiger partial charge >= 0.3 is 6.18 Å². The van der Waals surface area contributed by atoms with Gasteiger partial charge in [0.25, 0.3) is 0 Å². The minimum absolute atomic E-state index is 0.0533.